The monoisotopic (exact) mass is 351 g/mol. The van der Waals surface area contributed by atoms with Crippen LogP contribution in [0, 0.1) is 11.6 Å². The lowest BCUT2D eigenvalue weighted by atomic mass is 10.1. The number of aryl methyl sites for hydroxylation is 1. The number of halogens is 2. The van der Waals surface area contributed by atoms with Crippen molar-refractivity contribution in [2.75, 3.05) is 26.6 Å². The van der Waals surface area contributed by atoms with E-state index in [9.17, 15) is 13.6 Å². The first-order valence-electron chi connectivity index (χ1n) is 7.53. The van der Waals surface area contributed by atoms with Crippen molar-refractivity contribution < 1.29 is 27.8 Å². The quantitative estimate of drug-likeness (QED) is 0.829. The molecule has 0 unspecified atom stereocenters. The molecule has 7 heteroatoms. The van der Waals surface area contributed by atoms with Gasteiger partial charge in [-0.15, -0.1) is 0 Å². The summed E-state index contributed by atoms with van der Waals surface area (Å²) in [6.45, 7) is 0. The highest BCUT2D eigenvalue weighted by molar-refractivity contribution is 5.91. The van der Waals surface area contributed by atoms with Gasteiger partial charge in [-0.1, -0.05) is 12.1 Å². The second-order valence-corrected chi connectivity index (χ2v) is 5.14. The van der Waals surface area contributed by atoms with Gasteiger partial charge in [-0.25, -0.2) is 8.78 Å². The van der Waals surface area contributed by atoms with E-state index in [0.29, 0.717) is 29.2 Å². The highest BCUT2D eigenvalue weighted by atomic mass is 19.1. The zero-order valence-corrected chi connectivity index (χ0v) is 14.2. The molecular weight excluding hydrogens is 332 g/mol. The molecule has 2 aromatic rings. The van der Waals surface area contributed by atoms with Crippen LogP contribution in [-0.2, 0) is 11.2 Å². The summed E-state index contributed by atoms with van der Waals surface area (Å²) in [6.07, 6.45) is 0.311. The Balaban J connectivity index is 2.12. The van der Waals surface area contributed by atoms with Crippen LogP contribution in [0.2, 0.25) is 0 Å². The SMILES string of the molecule is COc1ccc(CCC(=O)Nc2c(F)cccc2F)c(OC)c1OC. The van der Waals surface area contributed by atoms with Crippen molar-refractivity contribution in [3.63, 3.8) is 0 Å². The first kappa shape index (κ1) is 18.5. The van der Waals surface area contributed by atoms with Crippen LogP contribution in [0.3, 0.4) is 0 Å². The Morgan fingerprint density at radius 1 is 0.960 bits per heavy atom. The molecule has 0 aliphatic rings. The zero-order chi connectivity index (χ0) is 18.4. The minimum atomic E-state index is -0.822. The van der Waals surface area contributed by atoms with Gasteiger partial charge in [0, 0.05) is 6.42 Å². The molecule has 0 radical (unpaired) electrons. The van der Waals surface area contributed by atoms with Crippen LogP contribution >= 0.6 is 0 Å². The van der Waals surface area contributed by atoms with Crippen molar-refractivity contribution in [3.8, 4) is 17.2 Å². The van der Waals surface area contributed by atoms with Crippen LogP contribution in [0.1, 0.15) is 12.0 Å². The van der Waals surface area contributed by atoms with Crippen molar-refractivity contribution >= 4 is 11.6 Å². The van der Waals surface area contributed by atoms with Gasteiger partial charge in [-0.05, 0) is 30.2 Å². The van der Waals surface area contributed by atoms with Crippen LogP contribution < -0.4 is 19.5 Å². The Hall–Kier alpha value is -2.83. The zero-order valence-electron chi connectivity index (χ0n) is 14.2. The third-order valence-electron chi connectivity index (χ3n) is 3.63. The molecule has 0 saturated heterocycles. The van der Waals surface area contributed by atoms with E-state index in [2.05, 4.69) is 5.32 Å². The fourth-order valence-electron chi connectivity index (χ4n) is 2.43. The molecule has 0 atom stereocenters. The maximum Gasteiger partial charge on any atom is 0.224 e. The Bertz CT molecular complexity index is 745. The number of para-hydroxylation sites is 1. The maximum absolute atomic E-state index is 13.6. The summed E-state index contributed by atoms with van der Waals surface area (Å²) in [5, 5.41) is 2.25. The summed E-state index contributed by atoms with van der Waals surface area (Å²) in [7, 11) is 4.47. The van der Waals surface area contributed by atoms with Gasteiger partial charge >= 0.3 is 0 Å². The Morgan fingerprint density at radius 3 is 2.16 bits per heavy atom. The van der Waals surface area contributed by atoms with Crippen LogP contribution in [0.25, 0.3) is 0 Å². The number of rotatable bonds is 7. The summed E-state index contributed by atoms with van der Waals surface area (Å²) in [5.41, 5.74) is 0.260. The lowest BCUT2D eigenvalue weighted by Gasteiger charge is -2.15. The van der Waals surface area contributed by atoms with Gasteiger partial charge in [-0.3, -0.25) is 4.79 Å². The van der Waals surface area contributed by atoms with Gasteiger partial charge in [0.25, 0.3) is 0 Å². The average Bonchev–Trinajstić information content (AvgIpc) is 2.62. The van der Waals surface area contributed by atoms with Gasteiger partial charge in [0.05, 0.1) is 21.3 Å². The number of methoxy groups -OCH3 is 3. The van der Waals surface area contributed by atoms with Gasteiger partial charge in [0.2, 0.25) is 11.7 Å². The van der Waals surface area contributed by atoms with Crippen LogP contribution in [0.4, 0.5) is 14.5 Å². The fraction of sp³-hybridized carbons (Fsp3) is 0.278. The van der Waals surface area contributed by atoms with E-state index < -0.39 is 23.2 Å². The third-order valence-corrected chi connectivity index (χ3v) is 3.63. The van der Waals surface area contributed by atoms with Crippen molar-refractivity contribution in [2.45, 2.75) is 12.8 Å². The van der Waals surface area contributed by atoms with E-state index in [1.807, 2.05) is 0 Å². The minimum absolute atomic E-state index is 0.0135. The van der Waals surface area contributed by atoms with Crippen molar-refractivity contribution in [2.24, 2.45) is 0 Å². The Morgan fingerprint density at radius 2 is 1.60 bits per heavy atom. The molecule has 0 aromatic heterocycles. The summed E-state index contributed by atoms with van der Waals surface area (Å²) in [5.74, 6) is -0.786. The summed E-state index contributed by atoms with van der Waals surface area (Å²) < 4.78 is 43.0. The number of carbonyl (C=O) groups excluding carboxylic acids is 1. The van der Waals surface area contributed by atoms with E-state index in [4.69, 9.17) is 14.2 Å². The predicted molar refractivity (Wildman–Crippen MR) is 89.4 cm³/mol. The number of hydrogen-bond acceptors (Lipinski definition) is 4. The molecule has 0 aliphatic heterocycles. The molecule has 0 spiro atoms. The number of anilines is 1. The highest BCUT2D eigenvalue weighted by Crippen LogP contribution is 2.40. The van der Waals surface area contributed by atoms with Gasteiger partial charge in [-0.2, -0.15) is 0 Å². The molecule has 2 aromatic carbocycles. The van der Waals surface area contributed by atoms with Crippen LogP contribution in [-0.4, -0.2) is 27.2 Å². The molecule has 1 N–H and O–H groups in total. The van der Waals surface area contributed by atoms with Crippen LogP contribution in [0.5, 0.6) is 17.2 Å². The first-order valence-corrected chi connectivity index (χ1v) is 7.53. The second kappa shape index (κ2) is 8.32. The van der Waals surface area contributed by atoms with E-state index in [1.54, 1.807) is 12.1 Å². The van der Waals surface area contributed by atoms with Gasteiger partial charge in [0.15, 0.2) is 11.5 Å². The summed E-state index contributed by atoms with van der Waals surface area (Å²) >= 11 is 0. The summed E-state index contributed by atoms with van der Waals surface area (Å²) in [4.78, 5) is 12.0. The fourth-order valence-corrected chi connectivity index (χ4v) is 2.43. The lowest BCUT2D eigenvalue weighted by molar-refractivity contribution is -0.116. The molecular formula is C18H19F2NO4. The Kier molecular flexibility index (Phi) is 6.16. The molecule has 0 saturated carbocycles. The molecule has 134 valence electrons. The molecule has 25 heavy (non-hydrogen) atoms. The van der Waals surface area contributed by atoms with E-state index in [1.165, 1.54) is 27.4 Å². The van der Waals surface area contributed by atoms with Crippen molar-refractivity contribution in [3.05, 3.63) is 47.5 Å². The largest absolute Gasteiger partial charge is 0.493 e. The first-order chi connectivity index (χ1) is 12.0. The molecule has 2 rings (SSSR count). The molecule has 0 bridgehead atoms. The van der Waals surface area contributed by atoms with Crippen molar-refractivity contribution in [1.82, 2.24) is 0 Å². The Labute approximate surface area is 144 Å². The maximum atomic E-state index is 13.6. The molecule has 0 fully saturated rings. The number of carbonyl (C=O) groups is 1. The molecule has 5 nitrogen and oxygen atoms in total. The summed E-state index contributed by atoms with van der Waals surface area (Å²) in [6, 6.07) is 6.84. The number of benzene rings is 2. The smallest absolute Gasteiger partial charge is 0.224 e. The molecule has 1 amide bonds. The van der Waals surface area contributed by atoms with Crippen LogP contribution in [0.15, 0.2) is 30.3 Å². The predicted octanol–water partition coefficient (Wildman–Crippen LogP) is 3.56. The lowest BCUT2D eigenvalue weighted by Crippen LogP contribution is -2.15. The molecule has 0 aliphatic carbocycles. The standard InChI is InChI=1S/C18H19F2NO4/c1-23-14-9-7-11(17(24-2)18(14)25-3)8-10-15(22)21-16-12(19)5-4-6-13(16)20/h4-7,9H,8,10H2,1-3H3,(H,21,22). The number of amides is 1. The second-order valence-electron chi connectivity index (χ2n) is 5.14. The highest BCUT2D eigenvalue weighted by Gasteiger charge is 2.17. The number of ether oxygens (including phenoxy) is 3. The average molecular weight is 351 g/mol. The van der Waals surface area contributed by atoms with Gasteiger partial charge in [0.1, 0.15) is 17.3 Å². The number of nitrogens with one attached hydrogen (secondary N) is 1. The van der Waals surface area contributed by atoms with E-state index >= 15 is 0 Å². The normalized spacial score (nSPS) is 10.3. The third kappa shape index (κ3) is 4.17. The van der Waals surface area contributed by atoms with Gasteiger partial charge < -0.3 is 19.5 Å². The number of hydrogen-bond donors (Lipinski definition) is 1. The minimum Gasteiger partial charge on any atom is -0.493 e. The molecule has 0 heterocycles. The van der Waals surface area contributed by atoms with E-state index in [0.717, 1.165) is 12.1 Å². The van der Waals surface area contributed by atoms with E-state index in [-0.39, 0.29) is 6.42 Å². The van der Waals surface area contributed by atoms with Crippen molar-refractivity contribution in [1.29, 1.82) is 0 Å². The topological polar surface area (TPSA) is 56.8 Å².